The zero-order valence-electron chi connectivity index (χ0n) is 10.6. The molecule has 2 aromatic rings. The molecule has 3 rings (SSSR count). The lowest BCUT2D eigenvalue weighted by Crippen LogP contribution is -2.36. The van der Waals surface area contributed by atoms with Crippen molar-refractivity contribution in [2.45, 2.75) is 6.04 Å². The van der Waals surface area contributed by atoms with Crippen LogP contribution >= 0.6 is 11.6 Å². The largest absolute Gasteiger partial charge is 0.369 e. The van der Waals surface area contributed by atoms with Gasteiger partial charge >= 0.3 is 0 Å². The molecule has 0 saturated carbocycles. The molecule has 0 radical (unpaired) electrons. The summed E-state index contributed by atoms with van der Waals surface area (Å²) in [7, 11) is 0. The van der Waals surface area contributed by atoms with Gasteiger partial charge in [0.05, 0.1) is 18.3 Å². The second kappa shape index (κ2) is 5.13. The van der Waals surface area contributed by atoms with Crippen LogP contribution in [-0.2, 0) is 0 Å². The van der Waals surface area contributed by atoms with Crippen LogP contribution in [0.3, 0.4) is 0 Å². The molecule has 1 atom stereocenters. The molecule has 0 aromatic heterocycles. The second-order valence-corrected chi connectivity index (χ2v) is 5.02. The van der Waals surface area contributed by atoms with Gasteiger partial charge in [-0.15, -0.1) is 0 Å². The Balaban J connectivity index is 2.01. The highest BCUT2D eigenvalue weighted by Gasteiger charge is 2.30. The first-order chi connectivity index (χ1) is 9.66. The average Bonchev–Trinajstić information content (AvgIpc) is 2.82. The van der Waals surface area contributed by atoms with E-state index in [0.717, 1.165) is 5.56 Å². The maximum Gasteiger partial charge on any atom is 0.196 e. The molecule has 1 unspecified atom stereocenters. The Labute approximate surface area is 121 Å². The summed E-state index contributed by atoms with van der Waals surface area (Å²) in [5.41, 5.74) is 7.36. The molecule has 0 amide bonds. The van der Waals surface area contributed by atoms with Crippen LogP contribution in [0.25, 0.3) is 0 Å². The van der Waals surface area contributed by atoms with Crippen LogP contribution in [0.2, 0.25) is 5.02 Å². The Hall–Kier alpha value is -2.07. The van der Waals surface area contributed by atoms with Crippen molar-refractivity contribution >= 4 is 23.2 Å². The summed E-state index contributed by atoms with van der Waals surface area (Å²) in [6, 6.07) is 13.9. The Morgan fingerprint density at radius 3 is 2.55 bits per heavy atom. The molecule has 3 nitrogen and oxygen atoms in total. The Morgan fingerprint density at radius 2 is 1.85 bits per heavy atom. The van der Waals surface area contributed by atoms with Crippen molar-refractivity contribution in [3.63, 3.8) is 0 Å². The van der Waals surface area contributed by atoms with Gasteiger partial charge < -0.3 is 10.6 Å². The van der Waals surface area contributed by atoms with Crippen LogP contribution in [-0.4, -0.2) is 12.5 Å². The zero-order chi connectivity index (χ0) is 14.1. The number of nitrogens with two attached hydrogens (primary N) is 1. The zero-order valence-corrected chi connectivity index (χ0v) is 11.4. The van der Waals surface area contributed by atoms with Crippen LogP contribution in [0.1, 0.15) is 11.6 Å². The van der Waals surface area contributed by atoms with Gasteiger partial charge in [0.2, 0.25) is 0 Å². The summed E-state index contributed by atoms with van der Waals surface area (Å²) in [4.78, 5) is 5.96. The summed E-state index contributed by atoms with van der Waals surface area (Å²) in [5.74, 6) is 0.0153. The van der Waals surface area contributed by atoms with Crippen LogP contribution < -0.4 is 10.6 Å². The lowest BCUT2D eigenvalue weighted by Gasteiger charge is -2.27. The van der Waals surface area contributed by atoms with Gasteiger partial charge in [-0.25, -0.2) is 4.39 Å². The lowest BCUT2D eigenvalue weighted by atomic mass is 10.1. The average molecular weight is 290 g/mol. The number of anilines is 1. The summed E-state index contributed by atoms with van der Waals surface area (Å²) >= 11 is 5.90. The maximum atomic E-state index is 14.0. The summed E-state index contributed by atoms with van der Waals surface area (Å²) in [6.07, 6.45) is 0. The normalized spacial score (nSPS) is 18.2. The number of hydrogen-bond donors (Lipinski definition) is 1. The highest BCUT2D eigenvalue weighted by molar-refractivity contribution is 6.30. The van der Waals surface area contributed by atoms with Gasteiger partial charge in [0.15, 0.2) is 5.96 Å². The van der Waals surface area contributed by atoms with Crippen molar-refractivity contribution in [3.05, 3.63) is 64.9 Å². The second-order valence-electron chi connectivity index (χ2n) is 4.59. The molecule has 1 aliphatic heterocycles. The van der Waals surface area contributed by atoms with E-state index in [0.29, 0.717) is 23.2 Å². The number of guanidine groups is 1. The smallest absolute Gasteiger partial charge is 0.196 e. The van der Waals surface area contributed by atoms with E-state index < -0.39 is 0 Å². The van der Waals surface area contributed by atoms with Crippen LogP contribution in [0.5, 0.6) is 0 Å². The van der Waals surface area contributed by atoms with E-state index in [1.165, 1.54) is 6.07 Å². The van der Waals surface area contributed by atoms with E-state index in [4.69, 9.17) is 17.3 Å². The van der Waals surface area contributed by atoms with E-state index in [1.807, 2.05) is 24.3 Å². The summed E-state index contributed by atoms with van der Waals surface area (Å²) in [5, 5.41) is 0.665. The molecule has 1 aliphatic rings. The predicted octanol–water partition coefficient (Wildman–Crippen LogP) is 3.36. The monoisotopic (exact) mass is 289 g/mol. The van der Waals surface area contributed by atoms with Gasteiger partial charge in [-0.1, -0.05) is 35.9 Å². The Kier molecular flexibility index (Phi) is 3.32. The Bertz CT molecular complexity index is 654. The van der Waals surface area contributed by atoms with E-state index in [9.17, 15) is 4.39 Å². The fourth-order valence-electron chi connectivity index (χ4n) is 2.38. The number of benzene rings is 2. The SMILES string of the molecule is NC1=NCC(c2ccc(Cl)cc2)N1c1ccccc1F. The molecule has 0 saturated heterocycles. The molecule has 0 spiro atoms. The van der Waals surface area contributed by atoms with E-state index in [-0.39, 0.29) is 11.9 Å². The van der Waals surface area contributed by atoms with Crippen molar-refractivity contribution in [3.8, 4) is 0 Å². The minimum atomic E-state index is -0.313. The van der Waals surface area contributed by atoms with Gasteiger partial charge in [-0.2, -0.15) is 0 Å². The molecule has 2 N–H and O–H groups in total. The first kappa shape index (κ1) is 12.9. The van der Waals surface area contributed by atoms with Crippen LogP contribution in [0.4, 0.5) is 10.1 Å². The van der Waals surface area contributed by atoms with Crippen LogP contribution in [0, 0.1) is 5.82 Å². The minimum Gasteiger partial charge on any atom is -0.369 e. The lowest BCUT2D eigenvalue weighted by molar-refractivity contribution is 0.619. The number of para-hydroxylation sites is 1. The third-order valence-electron chi connectivity index (χ3n) is 3.35. The number of hydrogen-bond acceptors (Lipinski definition) is 3. The van der Waals surface area contributed by atoms with Crippen LogP contribution in [0.15, 0.2) is 53.5 Å². The Morgan fingerprint density at radius 1 is 1.15 bits per heavy atom. The number of nitrogens with zero attached hydrogens (tertiary/aromatic N) is 2. The number of aliphatic imine (C=N–C) groups is 1. The van der Waals surface area contributed by atoms with Crippen molar-refractivity contribution in [1.82, 2.24) is 0 Å². The maximum absolute atomic E-state index is 14.0. The molecule has 0 bridgehead atoms. The van der Waals surface area contributed by atoms with Crippen molar-refractivity contribution in [1.29, 1.82) is 0 Å². The van der Waals surface area contributed by atoms with Crippen molar-refractivity contribution in [2.75, 3.05) is 11.4 Å². The molecular formula is C15H13ClFN3. The highest BCUT2D eigenvalue weighted by Crippen LogP contribution is 2.32. The predicted molar refractivity (Wildman–Crippen MR) is 79.6 cm³/mol. The first-order valence-corrected chi connectivity index (χ1v) is 6.64. The molecule has 102 valence electrons. The molecule has 2 aromatic carbocycles. The molecule has 5 heteroatoms. The first-order valence-electron chi connectivity index (χ1n) is 6.26. The van der Waals surface area contributed by atoms with Gasteiger partial charge in [-0.05, 0) is 29.8 Å². The van der Waals surface area contributed by atoms with E-state index >= 15 is 0 Å². The fourth-order valence-corrected chi connectivity index (χ4v) is 2.50. The standard InChI is InChI=1S/C15H13ClFN3/c16-11-7-5-10(6-8-11)14-9-19-15(18)20(14)13-4-2-1-3-12(13)17/h1-8,14H,9H2,(H2,18,19). The fraction of sp³-hybridized carbons (Fsp3) is 0.133. The third-order valence-corrected chi connectivity index (χ3v) is 3.60. The summed E-state index contributed by atoms with van der Waals surface area (Å²) in [6.45, 7) is 0.502. The van der Waals surface area contributed by atoms with E-state index in [2.05, 4.69) is 4.99 Å². The quantitative estimate of drug-likeness (QED) is 0.921. The molecule has 20 heavy (non-hydrogen) atoms. The van der Waals surface area contributed by atoms with Gasteiger partial charge in [0, 0.05) is 5.02 Å². The highest BCUT2D eigenvalue weighted by atomic mass is 35.5. The molecule has 0 fully saturated rings. The van der Waals surface area contributed by atoms with Crippen molar-refractivity contribution < 1.29 is 4.39 Å². The minimum absolute atomic E-state index is 0.107. The topological polar surface area (TPSA) is 41.6 Å². The van der Waals surface area contributed by atoms with Gasteiger partial charge in [0.1, 0.15) is 5.82 Å². The molecule has 1 heterocycles. The van der Waals surface area contributed by atoms with Gasteiger partial charge in [-0.3, -0.25) is 4.99 Å². The van der Waals surface area contributed by atoms with Gasteiger partial charge in [0.25, 0.3) is 0 Å². The summed E-state index contributed by atoms with van der Waals surface area (Å²) < 4.78 is 14.0. The number of halogens is 2. The van der Waals surface area contributed by atoms with Crippen molar-refractivity contribution in [2.24, 2.45) is 10.7 Å². The molecular weight excluding hydrogens is 277 g/mol. The molecule has 0 aliphatic carbocycles. The number of rotatable bonds is 2. The third kappa shape index (κ3) is 2.23. The van der Waals surface area contributed by atoms with E-state index in [1.54, 1.807) is 23.1 Å².